The molecule has 0 aliphatic heterocycles. The van der Waals surface area contributed by atoms with E-state index in [0.717, 1.165) is 0 Å². The van der Waals surface area contributed by atoms with Crippen LogP contribution in [0.25, 0.3) is 0 Å². The van der Waals surface area contributed by atoms with Crippen LogP contribution in [0, 0.1) is 11.8 Å². The largest absolute Gasteiger partial charge is 0.465 e. The molecule has 0 saturated heterocycles. The first-order valence-electron chi connectivity index (χ1n) is 5.70. The molecule has 0 atom stereocenters. The summed E-state index contributed by atoms with van der Waals surface area (Å²) in [6.07, 6.45) is 0.00599. The van der Waals surface area contributed by atoms with Crippen LogP contribution in [0.5, 0.6) is 0 Å². The van der Waals surface area contributed by atoms with Gasteiger partial charge >= 0.3 is 11.9 Å². The SMILES string of the molecule is CCOC(=O)CC#Cc1ccc(C(=O)OC)cc1N. The summed E-state index contributed by atoms with van der Waals surface area (Å²) < 4.78 is 9.32. The van der Waals surface area contributed by atoms with Crippen LogP contribution < -0.4 is 5.73 Å². The number of ether oxygens (including phenoxy) is 2. The van der Waals surface area contributed by atoms with Crippen LogP contribution in [-0.4, -0.2) is 25.7 Å². The highest BCUT2D eigenvalue weighted by Crippen LogP contribution is 2.14. The van der Waals surface area contributed by atoms with Gasteiger partial charge in [-0.25, -0.2) is 4.79 Å². The lowest BCUT2D eigenvalue weighted by Gasteiger charge is -2.02. The number of hydrogen-bond acceptors (Lipinski definition) is 5. The average Bonchev–Trinajstić information content (AvgIpc) is 2.40. The predicted molar refractivity (Wildman–Crippen MR) is 70.3 cm³/mol. The molecule has 1 aromatic rings. The number of nitrogens with two attached hydrogens (primary N) is 1. The van der Waals surface area contributed by atoms with Crippen molar-refractivity contribution in [2.75, 3.05) is 19.5 Å². The Morgan fingerprint density at radius 2 is 2.11 bits per heavy atom. The summed E-state index contributed by atoms with van der Waals surface area (Å²) in [6.45, 7) is 2.06. The van der Waals surface area contributed by atoms with Gasteiger partial charge < -0.3 is 15.2 Å². The highest BCUT2D eigenvalue weighted by Gasteiger charge is 2.06. The third-order valence-electron chi connectivity index (χ3n) is 2.23. The fourth-order valence-electron chi connectivity index (χ4n) is 1.34. The highest BCUT2D eigenvalue weighted by molar-refractivity contribution is 5.90. The molecule has 0 saturated carbocycles. The lowest BCUT2D eigenvalue weighted by molar-refractivity contribution is -0.141. The van der Waals surface area contributed by atoms with Crippen LogP contribution in [0.4, 0.5) is 5.69 Å². The second-order valence-corrected chi connectivity index (χ2v) is 3.58. The van der Waals surface area contributed by atoms with Gasteiger partial charge in [-0.05, 0) is 25.1 Å². The highest BCUT2D eigenvalue weighted by atomic mass is 16.5. The summed E-state index contributed by atoms with van der Waals surface area (Å²) in [5.74, 6) is 4.59. The van der Waals surface area contributed by atoms with Crippen molar-refractivity contribution in [3.05, 3.63) is 29.3 Å². The normalized spacial score (nSPS) is 9.16. The molecule has 0 fully saturated rings. The summed E-state index contributed by atoms with van der Waals surface area (Å²) in [5.41, 5.74) is 7.03. The monoisotopic (exact) mass is 261 g/mol. The van der Waals surface area contributed by atoms with E-state index in [-0.39, 0.29) is 12.4 Å². The molecule has 2 N–H and O–H groups in total. The molecular formula is C14H15NO4. The van der Waals surface area contributed by atoms with E-state index in [1.54, 1.807) is 19.1 Å². The Balaban J connectivity index is 2.78. The van der Waals surface area contributed by atoms with E-state index in [4.69, 9.17) is 10.5 Å². The van der Waals surface area contributed by atoms with Gasteiger partial charge in [0.15, 0.2) is 0 Å². The smallest absolute Gasteiger partial charge is 0.337 e. The molecule has 0 amide bonds. The first-order valence-corrected chi connectivity index (χ1v) is 5.70. The van der Waals surface area contributed by atoms with Crippen molar-refractivity contribution in [2.24, 2.45) is 0 Å². The van der Waals surface area contributed by atoms with Gasteiger partial charge in [0.05, 0.1) is 19.3 Å². The molecule has 0 spiro atoms. The third kappa shape index (κ3) is 4.36. The molecule has 0 unspecified atom stereocenters. The lowest BCUT2D eigenvalue weighted by Crippen LogP contribution is -2.03. The van der Waals surface area contributed by atoms with Crippen LogP contribution in [-0.2, 0) is 14.3 Å². The van der Waals surface area contributed by atoms with Crippen LogP contribution >= 0.6 is 0 Å². The second kappa shape index (κ2) is 7.07. The Bertz CT molecular complexity index is 540. The fourth-order valence-corrected chi connectivity index (χ4v) is 1.34. The topological polar surface area (TPSA) is 78.6 Å². The number of carbonyl (C=O) groups excluding carboxylic acids is 2. The summed E-state index contributed by atoms with van der Waals surface area (Å²) >= 11 is 0. The van der Waals surface area contributed by atoms with E-state index in [9.17, 15) is 9.59 Å². The molecule has 0 bridgehead atoms. The van der Waals surface area contributed by atoms with Gasteiger partial charge in [0.25, 0.3) is 0 Å². The molecule has 0 aromatic heterocycles. The Morgan fingerprint density at radius 1 is 1.37 bits per heavy atom. The van der Waals surface area contributed by atoms with Crippen LogP contribution in [0.1, 0.15) is 29.3 Å². The maximum absolute atomic E-state index is 11.3. The summed E-state index contributed by atoms with van der Waals surface area (Å²) in [6, 6.07) is 4.66. The number of methoxy groups -OCH3 is 1. The van der Waals surface area contributed by atoms with Crippen molar-refractivity contribution in [1.29, 1.82) is 0 Å². The molecule has 5 nitrogen and oxygen atoms in total. The zero-order chi connectivity index (χ0) is 14.3. The zero-order valence-corrected chi connectivity index (χ0v) is 10.9. The van der Waals surface area contributed by atoms with E-state index in [1.165, 1.54) is 13.2 Å². The van der Waals surface area contributed by atoms with Crippen LogP contribution in [0.15, 0.2) is 18.2 Å². The van der Waals surface area contributed by atoms with Gasteiger partial charge in [-0.1, -0.05) is 11.8 Å². The van der Waals surface area contributed by atoms with Gasteiger partial charge in [-0.3, -0.25) is 4.79 Å². The van der Waals surface area contributed by atoms with Crippen molar-refractivity contribution in [2.45, 2.75) is 13.3 Å². The Labute approximate surface area is 111 Å². The first kappa shape index (κ1) is 14.6. The van der Waals surface area contributed by atoms with Gasteiger partial charge in [-0.15, -0.1) is 0 Å². The van der Waals surface area contributed by atoms with Crippen LogP contribution in [0.3, 0.4) is 0 Å². The quantitative estimate of drug-likeness (QED) is 0.505. The van der Waals surface area contributed by atoms with E-state index in [2.05, 4.69) is 16.6 Å². The number of anilines is 1. The maximum Gasteiger partial charge on any atom is 0.337 e. The third-order valence-corrected chi connectivity index (χ3v) is 2.23. The van der Waals surface area contributed by atoms with Gasteiger partial charge in [-0.2, -0.15) is 0 Å². The van der Waals surface area contributed by atoms with Gasteiger partial charge in [0.1, 0.15) is 6.42 Å². The predicted octanol–water partition coefficient (Wildman–Crippen LogP) is 1.36. The maximum atomic E-state index is 11.3. The summed E-state index contributed by atoms with van der Waals surface area (Å²) in [5, 5.41) is 0. The average molecular weight is 261 g/mol. The fraction of sp³-hybridized carbons (Fsp3) is 0.286. The zero-order valence-electron chi connectivity index (χ0n) is 10.9. The summed E-state index contributed by atoms with van der Waals surface area (Å²) in [7, 11) is 1.30. The minimum atomic E-state index is -0.460. The first-order chi connectivity index (χ1) is 9.08. The molecule has 19 heavy (non-hydrogen) atoms. The Morgan fingerprint density at radius 3 is 2.68 bits per heavy atom. The molecule has 5 heteroatoms. The second-order valence-electron chi connectivity index (χ2n) is 3.58. The number of esters is 2. The van der Waals surface area contributed by atoms with Crippen molar-refractivity contribution in [3.8, 4) is 11.8 Å². The molecule has 0 aliphatic rings. The Kier molecular flexibility index (Phi) is 5.42. The number of nitrogen functional groups attached to an aromatic ring is 1. The lowest BCUT2D eigenvalue weighted by atomic mass is 10.1. The number of hydrogen-bond donors (Lipinski definition) is 1. The summed E-state index contributed by atoms with van der Waals surface area (Å²) in [4.78, 5) is 22.4. The minimum absolute atomic E-state index is 0.00599. The Hall–Kier alpha value is -2.48. The van der Waals surface area contributed by atoms with Gasteiger partial charge in [0, 0.05) is 11.3 Å². The van der Waals surface area contributed by atoms with E-state index in [0.29, 0.717) is 23.4 Å². The molecule has 0 aliphatic carbocycles. The van der Waals surface area contributed by atoms with Gasteiger partial charge in [0.2, 0.25) is 0 Å². The molecule has 100 valence electrons. The number of carbonyl (C=O) groups is 2. The molecule has 1 rings (SSSR count). The minimum Gasteiger partial charge on any atom is -0.465 e. The van der Waals surface area contributed by atoms with E-state index < -0.39 is 5.97 Å². The van der Waals surface area contributed by atoms with Crippen LogP contribution in [0.2, 0.25) is 0 Å². The molecular weight excluding hydrogens is 246 g/mol. The standard InChI is InChI=1S/C14H15NO4/c1-3-19-13(16)6-4-5-10-7-8-11(9-12(10)15)14(17)18-2/h7-9H,3,6,15H2,1-2H3. The van der Waals surface area contributed by atoms with E-state index >= 15 is 0 Å². The van der Waals surface area contributed by atoms with Crippen molar-refractivity contribution in [3.63, 3.8) is 0 Å². The van der Waals surface area contributed by atoms with Crippen molar-refractivity contribution < 1.29 is 19.1 Å². The van der Waals surface area contributed by atoms with E-state index in [1.807, 2.05) is 0 Å². The molecule has 0 radical (unpaired) electrons. The number of rotatable bonds is 3. The molecule has 0 heterocycles. The van der Waals surface area contributed by atoms with Crippen molar-refractivity contribution >= 4 is 17.6 Å². The van der Waals surface area contributed by atoms with Crippen molar-refractivity contribution in [1.82, 2.24) is 0 Å². The molecule has 1 aromatic carbocycles. The number of benzene rings is 1.